The molecular weight excluding hydrogens is 394 g/mol. The Bertz CT molecular complexity index is 937. The number of hydrogen-bond donors (Lipinski definition) is 2. The molecule has 1 aliphatic heterocycles. The predicted molar refractivity (Wildman–Crippen MR) is 113 cm³/mol. The van der Waals surface area contributed by atoms with Crippen molar-refractivity contribution in [2.24, 2.45) is 5.73 Å². The Hall–Kier alpha value is -2.32. The number of nitrogens with two attached hydrogens (primary N) is 1. The monoisotopic (exact) mass is 417 g/mol. The zero-order chi connectivity index (χ0) is 20.4. The SMILES string of the molecule is CC(=O)N1CCc2c(sc(NC(=O)c3cccc(SC(C)C)c3)c2C(N)=O)C1. The van der Waals surface area contributed by atoms with Gasteiger partial charge in [0.1, 0.15) is 5.00 Å². The fourth-order valence-electron chi connectivity index (χ4n) is 3.18. The van der Waals surface area contributed by atoms with Gasteiger partial charge in [0.25, 0.3) is 11.8 Å². The molecule has 0 unspecified atom stereocenters. The summed E-state index contributed by atoms with van der Waals surface area (Å²) in [5.41, 5.74) is 7.34. The van der Waals surface area contributed by atoms with Crippen LogP contribution in [0.4, 0.5) is 5.00 Å². The summed E-state index contributed by atoms with van der Waals surface area (Å²) >= 11 is 3.00. The molecule has 8 heteroatoms. The standard InChI is InChI=1S/C20H23N3O3S2/c1-11(2)27-14-6-4-5-13(9-14)19(26)22-20-17(18(21)25)15-7-8-23(12(3)24)10-16(15)28-20/h4-6,9,11H,7-8,10H2,1-3H3,(H2,21,25)(H,22,26). The highest BCUT2D eigenvalue weighted by Gasteiger charge is 2.28. The van der Waals surface area contributed by atoms with Crippen molar-refractivity contribution in [3.05, 3.63) is 45.8 Å². The number of fused-ring (bicyclic) bond motifs is 1. The predicted octanol–water partition coefficient (Wildman–Crippen LogP) is 3.50. The zero-order valence-electron chi connectivity index (χ0n) is 16.1. The fourth-order valence-corrected chi connectivity index (χ4v) is 5.34. The minimum atomic E-state index is -0.562. The molecule has 0 saturated heterocycles. The summed E-state index contributed by atoms with van der Waals surface area (Å²) in [7, 11) is 0. The maximum atomic E-state index is 12.8. The maximum Gasteiger partial charge on any atom is 0.256 e. The number of primary amides is 1. The normalized spacial score (nSPS) is 13.4. The number of anilines is 1. The molecule has 28 heavy (non-hydrogen) atoms. The van der Waals surface area contributed by atoms with Gasteiger partial charge in [-0.05, 0) is 30.2 Å². The third-order valence-corrected chi connectivity index (χ3v) is 6.57. The molecule has 0 atom stereocenters. The van der Waals surface area contributed by atoms with E-state index in [0.29, 0.717) is 40.9 Å². The van der Waals surface area contributed by atoms with Crippen LogP contribution in [0.5, 0.6) is 0 Å². The molecule has 0 saturated carbocycles. The summed E-state index contributed by atoms with van der Waals surface area (Å²) in [6.07, 6.45) is 0.556. The molecule has 0 bridgehead atoms. The van der Waals surface area contributed by atoms with Crippen molar-refractivity contribution in [2.45, 2.75) is 43.9 Å². The molecule has 0 fully saturated rings. The lowest BCUT2D eigenvalue weighted by Crippen LogP contribution is -2.34. The minimum absolute atomic E-state index is 0.00951. The Morgan fingerprint density at radius 3 is 2.68 bits per heavy atom. The van der Waals surface area contributed by atoms with Crippen molar-refractivity contribution in [2.75, 3.05) is 11.9 Å². The van der Waals surface area contributed by atoms with E-state index in [1.165, 1.54) is 18.3 Å². The summed E-state index contributed by atoms with van der Waals surface area (Å²) in [4.78, 5) is 40.1. The van der Waals surface area contributed by atoms with Gasteiger partial charge in [-0.15, -0.1) is 23.1 Å². The molecule has 0 radical (unpaired) electrons. The first kappa shape index (κ1) is 20.4. The van der Waals surface area contributed by atoms with Crippen LogP contribution >= 0.6 is 23.1 Å². The fraction of sp³-hybridized carbons (Fsp3) is 0.350. The van der Waals surface area contributed by atoms with Gasteiger partial charge in [-0.2, -0.15) is 0 Å². The maximum absolute atomic E-state index is 12.8. The van der Waals surface area contributed by atoms with Gasteiger partial charge >= 0.3 is 0 Å². The summed E-state index contributed by atoms with van der Waals surface area (Å²) in [5.74, 6) is -0.853. The Kier molecular flexibility index (Phi) is 6.10. The molecule has 3 N–H and O–H groups in total. The number of nitrogens with zero attached hydrogens (tertiary/aromatic N) is 1. The number of carbonyl (C=O) groups excluding carboxylic acids is 3. The van der Waals surface area contributed by atoms with Crippen molar-refractivity contribution < 1.29 is 14.4 Å². The molecule has 1 aromatic carbocycles. The molecule has 6 nitrogen and oxygen atoms in total. The van der Waals surface area contributed by atoms with E-state index in [4.69, 9.17) is 5.73 Å². The number of amides is 3. The van der Waals surface area contributed by atoms with Crippen LogP contribution in [0, 0.1) is 0 Å². The van der Waals surface area contributed by atoms with Crippen LogP contribution in [-0.2, 0) is 17.8 Å². The van der Waals surface area contributed by atoms with Gasteiger partial charge in [0, 0.05) is 34.1 Å². The number of rotatable bonds is 5. The van der Waals surface area contributed by atoms with E-state index < -0.39 is 5.91 Å². The molecule has 1 aliphatic rings. The number of thiophene rings is 1. The number of hydrogen-bond acceptors (Lipinski definition) is 5. The number of thioether (sulfide) groups is 1. The van der Waals surface area contributed by atoms with Crippen molar-refractivity contribution in [1.29, 1.82) is 0 Å². The van der Waals surface area contributed by atoms with Gasteiger partial charge in [0.2, 0.25) is 5.91 Å². The summed E-state index contributed by atoms with van der Waals surface area (Å²) in [6, 6.07) is 7.40. The van der Waals surface area contributed by atoms with Crippen LogP contribution in [0.3, 0.4) is 0 Å². The van der Waals surface area contributed by atoms with E-state index in [2.05, 4.69) is 19.2 Å². The van der Waals surface area contributed by atoms with Crippen LogP contribution < -0.4 is 11.1 Å². The third-order valence-electron chi connectivity index (χ3n) is 4.44. The highest BCUT2D eigenvalue weighted by Crippen LogP contribution is 2.37. The lowest BCUT2D eigenvalue weighted by Gasteiger charge is -2.25. The molecule has 3 amide bonds. The topological polar surface area (TPSA) is 92.5 Å². The second-order valence-electron chi connectivity index (χ2n) is 6.91. The van der Waals surface area contributed by atoms with Crippen molar-refractivity contribution in [3.63, 3.8) is 0 Å². The van der Waals surface area contributed by atoms with E-state index in [-0.39, 0.29) is 11.8 Å². The van der Waals surface area contributed by atoms with Crippen LogP contribution in [0.2, 0.25) is 0 Å². The first-order valence-electron chi connectivity index (χ1n) is 9.04. The highest BCUT2D eigenvalue weighted by molar-refractivity contribution is 7.99. The first-order chi connectivity index (χ1) is 13.3. The Morgan fingerprint density at radius 1 is 1.29 bits per heavy atom. The van der Waals surface area contributed by atoms with Crippen molar-refractivity contribution >= 4 is 45.8 Å². The smallest absolute Gasteiger partial charge is 0.256 e. The van der Waals surface area contributed by atoms with Gasteiger partial charge in [0.05, 0.1) is 12.1 Å². The lowest BCUT2D eigenvalue weighted by molar-refractivity contribution is -0.129. The van der Waals surface area contributed by atoms with Crippen molar-refractivity contribution in [3.8, 4) is 0 Å². The number of benzene rings is 1. The molecule has 0 spiro atoms. The Balaban J connectivity index is 1.87. The Labute approximate surface area is 172 Å². The van der Waals surface area contributed by atoms with Gasteiger partial charge in [-0.1, -0.05) is 19.9 Å². The Morgan fingerprint density at radius 2 is 2.04 bits per heavy atom. The van der Waals surface area contributed by atoms with E-state index in [9.17, 15) is 14.4 Å². The van der Waals surface area contributed by atoms with E-state index in [1.54, 1.807) is 22.7 Å². The summed E-state index contributed by atoms with van der Waals surface area (Å²) in [6.45, 7) is 6.69. The van der Waals surface area contributed by atoms with E-state index >= 15 is 0 Å². The van der Waals surface area contributed by atoms with Crippen LogP contribution in [0.25, 0.3) is 0 Å². The molecule has 0 aliphatic carbocycles. The zero-order valence-corrected chi connectivity index (χ0v) is 17.7. The molecule has 2 aromatic rings. The largest absolute Gasteiger partial charge is 0.365 e. The average Bonchev–Trinajstić information content (AvgIpc) is 2.98. The van der Waals surface area contributed by atoms with Gasteiger partial charge in [0.15, 0.2) is 0 Å². The average molecular weight is 418 g/mol. The van der Waals surface area contributed by atoms with Gasteiger partial charge < -0.3 is 16.0 Å². The van der Waals surface area contributed by atoms with Gasteiger partial charge in [-0.25, -0.2) is 0 Å². The molecule has 1 aromatic heterocycles. The molecule has 148 valence electrons. The van der Waals surface area contributed by atoms with Gasteiger partial charge in [-0.3, -0.25) is 14.4 Å². The van der Waals surface area contributed by atoms with E-state index in [0.717, 1.165) is 15.3 Å². The summed E-state index contributed by atoms with van der Waals surface area (Å²) in [5, 5.41) is 3.72. The lowest BCUT2D eigenvalue weighted by atomic mass is 10.0. The molecule has 2 heterocycles. The first-order valence-corrected chi connectivity index (χ1v) is 10.7. The minimum Gasteiger partial charge on any atom is -0.365 e. The van der Waals surface area contributed by atoms with Crippen LogP contribution in [0.15, 0.2) is 29.2 Å². The second-order valence-corrected chi connectivity index (χ2v) is 9.67. The van der Waals surface area contributed by atoms with E-state index in [1.807, 2.05) is 18.2 Å². The summed E-state index contributed by atoms with van der Waals surface area (Å²) < 4.78 is 0. The third kappa shape index (κ3) is 4.39. The second kappa shape index (κ2) is 8.36. The van der Waals surface area contributed by atoms with Crippen molar-refractivity contribution in [1.82, 2.24) is 4.90 Å². The van der Waals surface area contributed by atoms with Crippen LogP contribution in [-0.4, -0.2) is 34.4 Å². The molecular formula is C20H23N3O3S2. The number of carbonyl (C=O) groups is 3. The number of nitrogens with one attached hydrogen (secondary N) is 1. The van der Waals surface area contributed by atoms with Crippen LogP contribution in [0.1, 0.15) is 51.9 Å². The quantitative estimate of drug-likeness (QED) is 0.728. The molecule has 3 rings (SSSR count). The highest BCUT2D eigenvalue weighted by atomic mass is 32.2.